The smallest absolute Gasteiger partial charge is 0.334 e. The van der Waals surface area contributed by atoms with Gasteiger partial charge in [0.05, 0.1) is 17.9 Å². The number of nitrogens with zero attached hydrogens (tertiary/aromatic N) is 3. The van der Waals surface area contributed by atoms with Crippen LogP contribution in [-0.2, 0) is 0 Å². The summed E-state index contributed by atoms with van der Waals surface area (Å²) in [5.41, 5.74) is 4.43. The molecule has 1 aromatic heterocycles. The second kappa shape index (κ2) is 5.74. The molecular weight excluding hydrogens is 313 g/mol. The molecule has 8 heteroatoms. The van der Waals surface area contributed by atoms with Crippen LogP contribution in [0.4, 0.5) is 14.9 Å². The summed E-state index contributed by atoms with van der Waals surface area (Å²) in [5.74, 6) is -0.0142. The minimum absolute atomic E-state index is 0.102. The first-order chi connectivity index (χ1) is 11.7. The Morgan fingerprint density at radius 2 is 2.04 bits per heavy atom. The summed E-state index contributed by atoms with van der Waals surface area (Å²) in [6, 6.07) is 13.0. The molecule has 1 aliphatic rings. The summed E-state index contributed by atoms with van der Waals surface area (Å²) in [4.78, 5) is 16.0. The fraction of sp³-hybridized carbons (Fsp3) is 0.0625. The summed E-state index contributed by atoms with van der Waals surface area (Å²) in [6.45, 7) is 0.364. The number of hydrogen-bond donors (Lipinski definition) is 2. The highest BCUT2D eigenvalue weighted by Crippen LogP contribution is 2.26. The molecule has 0 aliphatic carbocycles. The number of anilines is 1. The Balaban J connectivity index is 1.68. The molecule has 2 amide bonds. The van der Waals surface area contributed by atoms with Crippen LogP contribution in [0.3, 0.4) is 0 Å². The molecule has 1 aliphatic heterocycles. The van der Waals surface area contributed by atoms with E-state index in [1.54, 1.807) is 42.5 Å². The number of rotatable bonds is 3. The van der Waals surface area contributed by atoms with E-state index >= 15 is 0 Å². The number of benzene rings is 2. The van der Waals surface area contributed by atoms with E-state index in [4.69, 9.17) is 4.52 Å². The van der Waals surface area contributed by atoms with Gasteiger partial charge in [0.15, 0.2) is 0 Å². The third kappa shape index (κ3) is 2.48. The van der Waals surface area contributed by atoms with Gasteiger partial charge in [-0.3, -0.25) is 0 Å². The van der Waals surface area contributed by atoms with E-state index in [0.29, 0.717) is 23.7 Å². The minimum Gasteiger partial charge on any atom is -0.334 e. The molecular formula is C16H12FN5O2. The number of nitrogens with one attached hydrogen (secondary N) is 2. The minimum atomic E-state index is -0.431. The monoisotopic (exact) mass is 325 g/mol. The molecule has 1 saturated heterocycles. The van der Waals surface area contributed by atoms with Crippen molar-refractivity contribution < 1.29 is 13.7 Å². The molecule has 2 heterocycles. The largest absolute Gasteiger partial charge is 0.337 e. The Labute approximate surface area is 136 Å². The van der Waals surface area contributed by atoms with Crippen LogP contribution in [0.15, 0.2) is 53.1 Å². The van der Waals surface area contributed by atoms with Gasteiger partial charge in [-0.05, 0) is 24.3 Å². The number of urea groups is 1. The van der Waals surface area contributed by atoms with Crippen LogP contribution in [0, 0.1) is 5.82 Å². The average molecular weight is 325 g/mol. The third-order valence-electron chi connectivity index (χ3n) is 3.57. The highest BCUT2D eigenvalue weighted by Gasteiger charge is 2.21. The van der Waals surface area contributed by atoms with Crippen LogP contribution in [0.2, 0.25) is 0 Å². The predicted octanol–water partition coefficient (Wildman–Crippen LogP) is 2.53. The van der Waals surface area contributed by atoms with E-state index in [-0.39, 0.29) is 17.5 Å². The molecule has 0 spiro atoms. The van der Waals surface area contributed by atoms with Crippen LogP contribution in [0.5, 0.6) is 0 Å². The van der Waals surface area contributed by atoms with Gasteiger partial charge in [-0.25, -0.2) is 19.6 Å². The van der Waals surface area contributed by atoms with Crippen LogP contribution >= 0.6 is 0 Å². The second-order valence-corrected chi connectivity index (χ2v) is 5.11. The molecule has 4 rings (SSSR count). The summed E-state index contributed by atoms with van der Waals surface area (Å²) >= 11 is 0. The molecule has 0 atom stereocenters. The van der Waals surface area contributed by atoms with Gasteiger partial charge in [-0.2, -0.15) is 4.98 Å². The van der Waals surface area contributed by atoms with Crippen molar-refractivity contribution in [1.29, 1.82) is 0 Å². The number of amides is 2. The third-order valence-corrected chi connectivity index (χ3v) is 3.57. The number of carbonyl (C=O) groups is 1. The first-order valence-corrected chi connectivity index (χ1v) is 7.23. The Bertz CT molecular complexity index is 911. The highest BCUT2D eigenvalue weighted by molar-refractivity contribution is 5.93. The van der Waals surface area contributed by atoms with Crippen molar-refractivity contribution >= 4 is 11.7 Å². The number of aromatic nitrogens is 2. The molecule has 1 fully saturated rings. The van der Waals surface area contributed by atoms with Crippen molar-refractivity contribution in [2.45, 2.75) is 0 Å². The standard InChI is InChI=1S/C16H12FN5O2/c17-13-7-2-1-6-12(13)15-20-14(21-24-15)10-4-3-5-11(8-10)22-16(23)18-9-19-22/h1-8,19H,9H2,(H,18,23). The lowest BCUT2D eigenvalue weighted by Crippen LogP contribution is -2.34. The zero-order chi connectivity index (χ0) is 16.5. The zero-order valence-corrected chi connectivity index (χ0v) is 12.4. The van der Waals surface area contributed by atoms with Crippen molar-refractivity contribution in [1.82, 2.24) is 20.9 Å². The number of halogens is 1. The molecule has 24 heavy (non-hydrogen) atoms. The second-order valence-electron chi connectivity index (χ2n) is 5.11. The summed E-state index contributed by atoms with van der Waals surface area (Å²) in [5, 5.41) is 7.93. The molecule has 3 aromatic rings. The SMILES string of the molecule is O=C1NCNN1c1cccc(-c2noc(-c3ccccc3F)n2)c1. The van der Waals surface area contributed by atoms with Gasteiger partial charge in [0.1, 0.15) is 5.82 Å². The maximum absolute atomic E-state index is 13.8. The number of carbonyl (C=O) groups excluding carboxylic acids is 1. The van der Waals surface area contributed by atoms with Gasteiger partial charge >= 0.3 is 6.03 Å². The topological polar surface area (TPSA) is 83.3 Å². The molecule has 2 aromatic carbocycles. The lowest BCUT2D eigenvalue weighted by Gasteiger charge is -2.14. The normalized spacial score (nSPS) is 14.0. The first kappa shape index (κ1) is 14.3. The Hall–Kier alpha value is -3.26. The van der Waals surface area contributed by atoms with Gasteiger partial charge < -0.3 is 9.84 Å². The highest BCUT2D eigenvalue weighted by atomic mass is 19.1. The van der Waals surface area contributed by atoms with E-state index < -0.39 is 5.82 Å². The van der Waals surface area contributed by atoms with Crippen molar-refractivity contribution in [2.24, 2.45) is 0 Å². The molecule has 0 saturated carbocycles. The van der Waals surface area contributed by atoms with Gasteiger partial charge in [-0.1, -0.05) is 29.4 Å². The lowest BCUT2D eigenvalue weighted by atomic mass is 10.2. The molecule has 2 N–H and O–H groups in total. The van der Waals surface area contributed by atoms with E-state index in [1.165, 1.54) is 11.1 Å². The Morgan fingerprint density at radius 1 is 1.17 bits per heavy atom. The summed E-state index contributed by atoms with van der Waals surface area (Å²) in [7, 11) is 0. The Kier molecular flexibility index (Phi) is 3.43. The molecule has 0 bridgehead atoms. The quantitative estimate of drug-likeness (QED) is 0.773. The maximum Gasteiger partial charge on any atom is 0.337 e. The van der Waals surface area contributed by atoms with Gasteiger partial charge in [0.25, 0.3) is 5.89 Å². The van der Waals surface area contributed by atoms with Crippen molar-refractivity contribution in [3.63, 3.8) is 0 Å². The number of hydrogen-bond acceptors (Lipinski definition) is 5. The molecule has 120 valence electrons. The van der Waals surface area contributed by atoms with Gasteiger partial charge in [0, 0.05) is 5.56 Å². The van der Waals surface area contributed by atoms with E-state index in [0.717, 1.165) is 0 Å². The lowest BCUT2D eigenvalue weighted by molar-refractivity contribution is 0.251. The van der Waals surface area contributed by atoms with E-state index in [9.17, 15) is 9.18 Å². The summed E-state index contributed by atoms with van der Waals surface area (Å²) < 4.78 is 19.0. The van der Waals surface area contributed by atoms with Gasteiger partial charge in [0.2, 0.25) is 5.82 Å². The van der Waals surface area contributed by atoms with Crippen LogP contribution in [0.1, 0.15) is 0 Å². The average Bonchev–Trinajstić information content (AvgIpc) is 3.24. The number of hydrazine groups is 1. The van der Waals surface area contributed by atoms with Crippen LogP contribution < -0.4 is 15.8 Å². The fourth-order valence-electron chi connectivity index (χ4n) is 2.42. The molecule has 0 radical (unpaired) electrons. The van der Waals surface area contributed by atoms with Crippen LogP contribution in [0.25, 0.3) is 22.8 Å². The first-order valence-electron chi connectivity index (χ1n) is 7.23. The molecule has 0 unspecified atom stereocenters. The fourth-order valence-corrected chi connectivity index (χ4v) is 2.42. The predicted molar refractivity (Wildman–Crippen MR) is 84.1 cm³/mol. The van der Waals surface area contributed by atoms with Crippen molar-refractivity contribution in [2.75, 3.05) is 11.7 Å². The zero-order valence-electron chi connectivity index (χ0n) is 12.4. The van der Waals surface area contributed by atoms with E-state index in [2.05, 4.69) is 20.9 Å². The summed E-state index contributed by atoms with van der Waals surface area (Å²) in [6.07, 6.45) is 0. The van der Waals surface area contributed by atoms with Crippen LogP contribution in [-0.4, -0.2) is 22.8 Å². The molecule has 7 nitrogen and oxygen atoms in total. The van der Waals surface area contributed by atoms with Gasteiger partial charge in [-0.15, -0.1) is 0 Å². The van der Waals surface area contributed by atoms with Crippen molar-refractivity contribution in [3.8, 4) is 22.8 Å². The van der Waals surface area contributed by atoms with E-state index in [1.807, 2.05) is 0 Å². The van der Waals surface area contributed by atoms with Crippen molar-refractivity contribution in [3.05, 3.63) is 54.3 Å². The Morgan fingerprint density at radius 3 is 2.83 bits per heavy atom. The maximum atomic E-state index is 13.8.